The minimum absolute atomic E-state index is 0.412. The average Bonchev–Trinajstić information content (AvgIpc) is 2.64. The Balaban J connectivity index is 2.12. The fourth-order valence-electron chi connectivity index (χ4n) is 1.46. The van der Waals surface area contributed by atoms with Crippen molar-refractivity contribution < 1.29 is 4.74 Å². The molecule has 4 nitrogen and oxygen atoms in total. The molecule has 14 heavy (non-hydrogen) atoms. The first-order valence-corrected chi connectivity index (χ1v) is 4.88. The lowest BCUT2D eigenvalue weighted by Gasteiger charge is -2.08. The van der Waals surface area contributed by atoms with Gasteiger partial charge in [0.15, 0.2) is 0 Å². The van der Waals surface area contributed by atoms with Crippen LogP contribution in [0.25, 0.3) is 0 Å². The molecule has 0 bridgehead atoms. The van der Waals surface area contributed by atoms with E-state index in [1.807, 2.05) is 13.2 Å². The number of nitrogens with one attached hydrogen (secondary N) is 1. The summed E-state index contributed by atoms with van der Waals surface area (Å²) >= 11 is 0. The Hall–Kier alpha value is -1.00. The van der Waals surface area contributed by atoms with Gasteiger partial charge in [0.1, 0.15) is 5.82 Å². The molecule has 0 radical (unpaired) electrons. The number of ether oxygens (including phenoxy) is 1. The van der Waals surface area contributed by atoms with E-state index in [-0.39, 0.29) is 0 Å². The van der Waals surface area contributed by atoms with Gasteiger partial charge in [0.25, 0.3) is 0 Å². The lowest BCUT2D eigenvalue weighted by molar-refractivity contribution is 0.133. The van der Waals surface area contributed by atoms with Crippen LogP contribution in [0, 0.1) is 0 Å². The molecule has 2 heterocycles. The highest BCUT2D eigenvalue weighted by atomic mass is 16.5. The number of hydrogen-bond donors (Lipinski definition) is 1. The molecule has 0 amide bonds. The molecule has 0 saturated carbocycles. The van der Waals surface area contributed by atoms with Crippen LogP contribution < -0.4 is 5.32 Å². The number of rotatable bonds is 3. The van der Waals surface area contributed by atoms with Crippen LogP contribution in [0.4, 0.5) is 0 Å². The van der Waals surface area contributed by atoms with Crippen LogP contribution in [-0.4, -0.2) is 23.1 Å². The van der Waals surface area contributed by atoms with Crippen molar-refractivity contribution in [2.75, 3.05) is 7.05 Å². The molecule has 0 spiro atoms. The predicted octanol–water partition coefficient (Wildman–Crippen LogP) is 0.657. The molecule has 1 atom stereocenters. The van der Waals surface area contributed by atoms with Gasteiger partial charge in [0.05, 0.1) is 18.9 Å². The Morgan fingerprint density at radius 3 is 3.21 bits per heavy atom. The summed E-state index contributed by atoms with van der Waals surface area (Å²) in [6.45, 7) is 3.42. The maximum atomic E-state index is 5.28. The predicted molar refractivity (Wildman–Crippen MR) is 52.8 cm³/mol. The van der Waals surface area contributed by atoms with Crippen molar-refractivity contribution in [1.82, 2.24) is 15.3 Å². The van der Waals surface area contributed by atoms with Crippen LogP contribution in [0.1, 0.15) is 24.0 Å². The van der Waals surface area contributed by atoms with E-state index in [9.17, 15) is 0 Å². The van der Waals surface area contributed by atoms with E-state index in [4.69, 9.17) is 4.74 Å². The first kappa shape index (κ1) is 9.55. The van der Waals surface area contributed by atoms with Crippen LogP contribution in [-0.2, 0) is 24.4 Å². The largest absolute Gasteiger partial charge is 0.370 e. The third-order valence-electron chi connectivity index (χ3n) is 2.48. The molecule has 1 aromatic rings. The van der Waals surface area contributed by atoms with Crippen LogP contribution in [0.3, 0.4) is 0 Å². The van der Waals surface area contributed by atoms with Crippen molar-refractivity contribution in [3.63, 3.8) is 0 Å². The first-order valence-electron chi connectivity index (χ1n) is 4.88. The molecule has 1 aliphatic rings. The van der Waals surface area contributed by atoms with Crippen molar-refractivity contribution in [3.8, 4) is 0 Å². The van der Waals surface area contributed by atoms with Crippen LogP contribution in [0.15, 0.2) is 6.20 Å². The third-order valence-corrected chi connectivity index (χ3v) is 2.48. The monoisotopic (exact) mass is 193 g/mol. The number of likely N-dealkylation sites (N-methyl/N-ethyl adjacent to an activating group) is 1. The maximum absolute atomic E-state index is 5.28. The maximum Gasteiger partial charge on any atom is 0.130 e. The summed E-state index contributed by atoms with van der Waals surface area (Å²) in [5.74, 6) is 0.899. The first-order chi connectivity index (χ1) is 6.79. The molecule has 0 fully saturated rings. The smallest absolute Gasteiger partial charge is 0.130 e. The van der Waals surface area contributed by atoms with Crippen LogP contribution in [0.5, 0.6) is 0 Å². The SMILES string of the molecule is CNC(C)Cc1ncc2c(n1)COC2. The van der Waals surface area contributed by atoms with Gasteiger partial charge in [0.2, 0.25) is 0 Å². The Bertz CT molecular complexity index is 327. The molecule has 4 heteroatoms. The van der Waals surface area contributed by atoms with Gasteiger partial charge in [-0.25, -0.2) is 9.97 Å². The Morgan fingerprint density at radius 1 is 1.57 bits per heavy atom. The van der Waals surface area contributed by atoms with Gasteiger partial charge in [0, 0.05) is 24.2 Å². The third kappa shape index (κ3) is 1.91. The van der Waals surface area contributed by atoms with E-state index in [1.165, 1.54) is 0 Å². The van der Waals surface area contributed by atoms with Crippen molar-refractivity contribution in [2.24, 2.45) is 0 Å². The topological polar surface area (TPSA) is 47.0 Å². The van der Waals surface area contributed by atoms with Gasteiger partial charge >= 0.3 is 0 Å². The molecule has 1 unspecified atom stereocenters. The molecule has 0 aromatic carbocycles. The zero-order valence-electron chi connectivity index (χ0n) is 8.58. The van der Waals surface area contributed by atoms with E-state index >= 15 is 0 Å². The Kier molecular flexibility index (Phi) is 2.74. The molecule has 1 N–H and O–H groups in total. The van der Waals surface area contributed by atoms with Crippen molar-refractivity contribution in [2.45, 2.75) is 32.6 Å². The minimum atomic E-state index is 0.412. The lowest BCUT2D eigenvalue weighted by atomic mass is 10.2. The average molecular weight is 193 g/mol. The molecule has 1 aromatic heterocycles. The highest BCUT2D eigenvalue weighted by molar-refractivity contribution is 5.19. The number of hydrogen-bond acceptors (Lipinski definition) is 4. The minimum Gasteiger partial charge on any atom is -0.370 e. The standard InChI is InChI=1S/C10H15N3O/c1-7(11-2)3-10-12-4-8-5-14-6-9(8)13-10/h4,7,11H,3,5-6H2,1-2H3. The summed E-state index contributed by atoms with van der Waals surface area (Å²) in [5, 5.41) is 3.17. The summed E-state index contributed by atoms with van der Waals surface area (Å²) in [5.41, 5.74) is 2.18. The molecule has 0 saturated heterocycles. The summed E-state index contributed by atoms with van der Waals surface area (Å²) in [6, 6.07) is 0.412. The second-order valence-corrected chi connectivity index (χ2v) is 3.64. The number of aromatic nitrogens is 2. The van der Waals surface area contributed by atoms with E-state index < -0.39 is 0 Å². The number of nitrogens with zero attached hydrogens (tertiary/aromatic N) is 2. The fourth-order valence-corrected chi connectivity index (χ4v) is 1.46. The summed E-state index contributed by atoms with van der Waals surface area (Å²) < 4.78 is 5.28. The van der Waals surface area contributed by atoms with E-state index in [0.717, 1.165) is 23.5 Å². The van der Waals surface area contributed by atoms with E-state index in [1.54, 1.807) is 0 Å². The quantitative estimate of drug-likeness (QED) is 0.766. The zero-order valence-corrected chi connectivity index (χ0v) is 8.58. The molecule has 2 rings (SSSR count). The molecule has 0 aliphatic carbocycles. The van der Waals surface area contributed by atoms with Crippen LogP contribution in [0.2, 0.25) is 0 Å². The number of fused-ring (bicyclic) bond motifs is 1. The van der Waals surface area contributed by atoms with Gasteiger partial charge in [-0.15, -0.1) is 0 Å². The van der Waals surface area contributed by atoms with Gasteiger partial charge in [-0.05, 0) is 14.0 Å². The lowest BCUT2D eigenvalue weighted by Crippen LogP contribution is -2.24. The highest BCUT2D eigenvalue weighted by Gasteiger charge is 2.14. The normalized spacial score (nSPS) is 16.7. The summed E-state index contributed by atoms with van der Waals surface area (Å²) in [4.78, 5) is 8.77. The molecule has 1 aliphatic heterocycles. The van der Waals surface area contributed by atoms with Crippen LogP contribution >= 0.6 is 0 Å². The second-order valence-electron chi connectivity index (χ2n) is 3.64. The van der Waals surface area contributed by atoms with Gasteiger partial charge in [-0.3, -0.25) is 0 Å². The summed E-state index contributed by atoms with van der Waals surface area (Å²) in [7, 11) is 1.95. The molecular formula is C10H15N3O. The zero-order chi connectivity index (χ0) is 9.97. The molecular weight excluding hydrogens is 178 g/mol. The van der Waals surface area contributed by atoms with Crippen molar-refractivity contribution in [3.05, 3.63) is 23.3 Å². The second kappa shape index (κ2) is 4.02. The van der Waals surface area contributed by atoms with Gasteiger partial charge in [-0.1, -0.05) is 0 Å². The van der Waals surface area contributed by atoms with Gasteiger partial charge in [-0.2, -0.15) is 0 Å². The van der Waals surface area contributed by atoms with E-state index in [2.05, 4.69) is 22.2 Å². The highest BCUT2D eigenvalue weighted by Crippen LogP contribution is 2.16. The Labute approximate surface area is 83.7 Å². The molecule has 76 valence electrons. The van der Waals surface area contributed by atoms with Crippen molar-refractivity contribution >= 4 is 0 Å². The van der Waals surface area contributed by atoms with E-state index in [0.29, 0.717) is 19.3 Å². The summed E-state index contributed by atoms with van der Waals surface area (Å²) in [6.07, 6.45) is 2.75. The Morgan fingerprint density at radius 2 is 2.43 bits per heavy atom. The van der Waals surface area contributed by atoms with Crippen molar-refractivity contribution in [1.29, 1.82) is 0 Å². The van der Waals surface area contributed by atoms with Gasteiger partial charge < -0.3 is 10.1 Å². The fraction of sp³-hybridized carbons (Fsp3) is 0.600.